The largest absolute Gasteiger partial charge is 0.338 e. The van der Waals surface area contributed by atoms with Crippen molar-refractivity contribution in [1.29, 1.82) is 0 Å². The van der Waals surface area contributed by atoms with E-state index in [4.69, 9.17) is 5.73 Å². The standard InChI is InChI=1S/C14H28N4O2.ClH/c1-11(2)8-16-14(20)17-13(19)10-18-7-3-4-12(9-18)5-6-15;/h11-12H,3-10,15H2,1-2H3,(H2,16,17,19,20);1H. The van der Waals surface area contributed by atoms with E-state index in [0.717, 1.165) is 25.9 Å². The number of carbonyl (C=O) groups is 2. The van der Waals surface area contributed by atoms with E-state index >= 15 is 0 Å². The van der Waals surface area contributed by atoms with Crippen LogP contribution in [0.25, 0.3) is 0 Å². The monoisotopic (exact) mass is 320 g/mol. The third-order valence-electron chi connectivity index (χ3n) is 3.47. The van der Waals surface area contributed by atoms with Gasteiger partial charge < -0.3 is 11.1 Å². The zero-order valence-electron chi connectivity index (χ0n) is 13.1. The van der Waals surface area contributed by atoms with E-state index < -0.39 is 6.03 Å². The van der Waals surface area contributed by atoms with E-state index in [1.54, 1.807) is 0 Å². The van der Waals surface area contributed by atoms with Crippen molar-refractivity contribution in [1.82, 2.24) is 15.5 Å². The van der Waals surface area contributed by atoms with Crippen molar-refractivity contribution in [2.24, 2.45) is 17.6 Å². The van der Waals surface area contributed by atoms with E-state index in [1.165, 1.54) is 6.42 Å². The zero-order chi connectivity index (χ0) is 15.0. The van der Waals surface area contributed by atoms with Crippen LogP contribution in [0.3, 0.4) is 0 Å². The molecule has 0 aromatic heterocycles. The fourth-order valence-electron chi connectivity index (χ4n) is 2.48. The lowest BCUT2D eigenvalue weighted by Crippen LogP contribution is -2.47. The second kappa shape index (κ2) is 10.8. The highest BCUT2D eigenvalue weighted by molar-refractivity contribution is 5.95. The first-order valence-corrected chi connectivity index (χ1v) is 7.51. The van der Waals surface area contributed by atoms with Crippen LogP contribution < -0.4 is 16.4 Å². The Morgan fingerprint density at radius 3 is 2.71 bits per heavy atom. The van der Waals surface area contributed by atoms with Crippen LogP contribution in [0.15, 0.2) is 0 Å². The minimum absolute atomic E-state index is 0. The van der Waals surface area contributed by atoms with Gasteiger partial charge in [-0.3, -0.25) is 15.0 Å². The van der Waals surface area contributed by atoms with Crippen LogP contribution in [0.4, 0.5) is 4.79 Å². The molecule has 0 aliphatic carbocycles. The second-order valence-electron chi connectivity index (χ2n) is 5.97. The number of halogens is 1. The summed E-state index contributed by atoms with van der Waals surface area (Å²) in [5.74, 6) is 0.714. The molecule has 1 fully saturated rings. The Hall–Kier alpha value is -0.850. The highest BCUT2D eigenvalue weighted by Crippen LogP contribution is 2.18. The summed E-state index contributed by atoms with van der Waals surface area (Å²) in [5.41, 5.74) is 5.58. The summed E-state index contributed by atoms with van der Waals surface area (Å²) in [6, 6.07) is -0.404. The van der Waals surface area contributed by atoms with E-state index in [0.29, 0.717) is 24.9 Å². The predicted molar refractivity (Wildman–Crippen MR) is 86.5 cm³/mol. The Morgan fingerprint density at radius 1 is 1.38 bits per heavy atom. The molecule has 0 saturated carbocycles. The molecule has 6 nitrogen and oxygen atoms in total. The second-order valence-corrected chi connectivity index (χ2v) is 5.97. The summed E-state index contributed by atoms with van der Waals surface area (Å²) in [6.45, 7) is 7.39. The molecular formula is C14H29ClN4O2. The molecular weight excluding hydrogens is 292 g/mol. The van der Waals surface area contributed by atoms with Gasteiger partial charge in [0.1, 0.15) is 0 Å². The number of urea groups is 1. The Morgan fingerprint density at radius 2 is 2.10 bits per heavy atom. The van der Waals surface area contributed by atoms with Crippen molar-refractivity contribution in [3.63, 3.8) is 0 Å². The molecule has 1 unspecified atom stereocenters. The number of nitrogens with two attached hydrogens (primary N) is 1. The number of carbonyl (C=O) groups excluding carboxylic acids is 2. The van der Waals surface area contributed by atoms with E-state index in [2.05, 4.69) is 15.5 Å². The first kappa shape index (κ1) is 20.1. The van der Waals surface area contributed by atoms with Gasteiger partial charge in [-0.2, -0.15) is 0 Å². The molecule has 1 rings (SSSR count). The summed E-state index contributed by atoms with van der Waals surface area (Å²) in [6.07, 6.45) is 3.29. The summed E-state index contributed by atoms with van der Waals surface area (Å²) >= 11 is 0. The molecule has 1 saturated heterocycles. The molecule has 1 atom stereocenters. The van der Waals surface area contributed by atoms with Crippen LogP contribution in [0.2, 0.25) is 0 Å². The number of amides is 3. The lowest BCUT2D eigenvalue weighted by Gasteiger charge is -2.31. The third-order valence-corrected chi connectivity index (χ3v) is 3.47. The maximum Gasteiger partial charge on any atom is 0.321 e. The maximum absolute atomic E-state index is 11.8. The van der Waals surface area contributed by atoms with Gasteiger partial charge in [-0.05, 0) is 44.2 Å². The molecule has 0 bridgehead atoms. The number of likely N-dealkylation sites (tertiary alicyclic amines) is 1. The van der Waals surface area contributed by atoms with Gasteiger partial charge in [0.25, 0.3) is 0 Å². The van der Waals surface area contributed by atoms with Crippen molar-refractivity contribution in [2.45, 2.75) is 33.1 Å². The zero-order valence-corrected chi connectivity index (χ0v) is 13.9. The van der Waals surface area contributed by atoms with Crippen molar-refractivity contribution in [3.05, 3.63) is 0 Å². The van der Waals surface area contributed by atoms with Crippen LogP contribution in [0.1, 0.15) is 33.1 Å². The lowest BCUT2D eigenvalue weighted by atomic mass is 9.95. The smallest absolute Gasteiger partial charge is 0.321 e. The fraction of sp³-hybridized carbons (Fsp3) is 0.857. The molecule has 0 aromatic rings. The number of hydrogen-bond acceptors (Lipinski definition) is 4. The number of hydrogen-bond donors (Lipinski definition) is 3. The molecule has 0 aromatic carbocycles. The molecule has 4 N–H and O–H groups in total. The van der Waals surface area contributed by atoms with Gasteiger partial charge in [0.15, 0.2) is 0 Å². The summed E-state index contributed by atoms with van der Waals surface area (Å²) in [7, 11) is 0. The Labute approximate surface area is 133 Å². The molecule has 124 valence electrons. The van der Waals surface area contributed by atoms with Gasteiger partial charge in [-0.15, -0.1) is 12.4 Å². The maximum atomic E-state index is 11.8. The highest BCUT2D eigenvalue weighted by atomic mass is 35.5. The van der Waals surface area contributed by atoms with E-state index in [9.17, 15) is 9.59 Å². The molecule has 7 heteroatoms. The van der Waals surface area contributed by atoms with E-state index in [1.807, 2.05) is 13.8 Å². The molecule has 21 heavy (non-hydrogen) atoms. The molecule has 0 radical (unpaired) electrons. The minimum atomic E-state index is -0.404. The molecule has 0 spiro atoms. The average Bonchev–Trinajstić information content (AvgIpc) is 2.37. The van der Waals surface area contributed by atoms with Crippen molar-refractivity contribution < 1.29 is 9.59 Å². The third kappa shape index (κ3) is 8.90. The van der Waals surface area contributed by atoms with Gasteiger partial charge in [0.2, 0.25) is 5.91 Å². The normalized spacial score (nSPS) is 19.0. The van der Waals surface area contributed by atoms with Gasteiger partial charge in [0, 0.05) is 13.1 Å². The average molecular weight is 321 g/mol. The van der Waals surface area contributed by atoms with Gasteiger partial charge in [-0.25, -0.2) is 4.79 Å². The van der Waals surface area contributed by atoms with E-state index in [-0.39, 0.29) is 24.9 Å². The van der Waals surface area contributed by atoms with Crippen LogP contribution in [0, 0.1) is 11.8 Å². The first-order valence-electron chi connectivity index (χ1n) is 7.51. The van der Waals surface area contributed by atoms with Crippen molar-refractivity contribution >= 4 is 24.3 Å². The molecule has 1 aliphatic rings. The molecule has 3 amide bonds. The molecule has 1 heterocycles. The predicted octanol–water partition coefficient (Wildman–Crippen LogP) is 0.951. The Balaban J connectivity index is 0.00000400. The van der Waals surface area contributed by atoms with Crippen LogP contribution in [0.5, 0.6) is 0 Å². The van der Waals surface area contributed by atoms with Crippen molar-refractivity contribution in [2.75, 3.05) is 32.7 Å². The summed E-state index contributed by atoms with van der Waals surface area (Å²) in [5, 5.41) is 5.05. The Kier molecular flexibility index (Phi) is 10.4. The van der Waals surface area contributed by atoms with Gasteiger partial charge >= 0.3 is 6.03 Å². The molecule has 1 aliphatic heterocycles. The quantitative estimate of drug-likeness (QED) is 0.680. The van der Waals surface area contributed by atoms with Crippen LogP contribution in [-0.2, 0) is 4.79 Å². The van der Waals surface area contributed by atoms with Gasteiger partial charge in [0.05, 0.1) is 6.54 Å². The topological polar surface area (TPSA) is 87.5 Å². The highest BCUT2D eigenvalue weighted by Gasteiger charge is 2.21. The van der Waals surface area contributed by atoms with Gasteiger partial charge in [-0.1, -0.05) is 13.8 Å². The first-order chi connectivity index (χ1) is 9.51. The number of nitrogens with zero attached hydrogens (tertiary/aromatic N) is 1. The minimum Gasteiger partial charge on any atom is -0.338 e. The van der Waals surface area contributed by atoms with Crippen LogP contribution in [-0.4, -0.2) is 49.6 Å². The number of piperidine rings is 1. The SMILES string of the molecule is CC(C)CNC(=O)NC(=O)CN1CCCC(CCN)C1.Cl. The van der Waals surface area contributed by atoms with Crippen molar-refractivity contribution in [3.8, 4) is 0 Å². The van der Waals surface area contributed by atoms with Crippen LogP contribution >= 0.6 is 12.4 Å². The Bertz CT molecular complexity index is 324. The lowest BCUT2D eigenvalue weighted by molar-refractivity contribution is -0.121. The number of rotatable bonds is 6. The summed E-state index contributed by atoms with van der Waals surface area (Å²) < 4.78 is 0. The fourth-order valence-corrected chi connectivity index (χ4v) is 2.48. The number of nitrogens with one attached hydrogen (secondary N) is 2. The summed E-state index contributed by atoms with van der Waals surface area (Å²) in [4.78, 5) is 25.4. The number of imide groups is 1.